The lowest BCUT2D eigenvalue weighted by Gasteiger charge is -2.24. The number of carbonyl (C=O) groups excluding carboxylic acids is 1. The van der Waals surface area contributed by atoms with Gasteiger partial charge in [0.05, 0.1) is 6.04 Å². The summed E-state index contributed by atoms with van der Waals surface area (Å²) in [6.45, 7) is 8.32. The van der Waals surface area contributed by atoms with Crippen LogP contribution in [0.3, 0.4) is 0 Å². The zero-order valence-corrected chi connectivity index (χ0v) is 17.9. The van der Waals surface area contributed by atoms with Crippen LogP contribution in [-0.2, 0) is 24.3 Å². The molecule has 0 unspecified atom stereocenters. The molecule has 1 N–H and O–H groups in total. The number of carbonyl (C=O) groups is 1. The number of nitrogens with one attached hydrogen (secondary N) is 1. The van der Waals surface area contributed by atoms with E-state index in [-0.39, 0.29) is 17.5 Å². The number of benzene rings is 1. The molecule has 30 heavy (non-hydrogen) atoms. The maximum absolute atomic E-state index is 12.8. The smallest absolute Gasteiger partial charge is 0.331 e. The Labute approximate surface area is 176 Å². The molecule has 2 heterocycles. The van der Waals surface area contributed by atoms with E-state index in [1.54, 1.807) is 0 Å². The molecule has 1 aromatic heterocycles. The molecule has 7 nitrogen and oxygen atoms in total. The lowest BCUT2D eigenvalue weighted by molar-refractivity contribution is -0.122. The number of aromatic nitrogens is 2. The largest absolute Gasteiger partial charge is 0.347 e. The maximum Gasteiger partial charge on any atom is 0.331 e. The van der Waals surface area contributed by atoms with Crippen molar-refractivity contribution in [2.75, 3.05) is 0 Å². The summed E-state index contributed by atoms with van der Waals surface area (Å²) in [6, 6.07) is 9.78. The fraction of sp³-hybridized carbons (Fsp3) is 0.478. The minimum atomic E-state index is -0.687. The van der Waals surface area contributed by atoms with Crippen molar-refractivity contribution in [3.63, 3.8) is 0 Å². The molecule has 1 atom stereocenters. The molecule has 0 spiro atoms. The average molecular weight is 409 g/mol. The van der Waals surface area contributed by atoms with Gasteiger partial charge in [0.1, 0.15) is 18.2 Å². The Bertz CT molecular complexity index is 1100. The Morgan fingerprint density at radius 3 is 2.33 bits per heavy atom. The lowest BCUT2D eigenvalue weighted by Crippen LogP contribution is -2.46. The Morgan fingerprint density at radius 2 is 1.77 bits per heavy atom. The van der Waals surface area contributed by atoms with Crippen LogP contribution in [-0.4, -0.2) is 15.0 Å². The summed E-state index contributed by atoms with van der Waals surface area (Å²) in [6.07, 6.45) is 1.24. The molecule has 1 aliphatic rings. The van der Waals surface area contributed by atoms with Gasteiger partial charge < -0.3 is 5.32 Å². The normalized spacial score (nSPS) is 13.9. The van der Waals surface area contributed by atoms with Crippen molar-refractivity contribution in [1.29, 1.82) is 5.26 Å². The third-order valence-electron chi connectivity index (χ3n) is 5.69. The van der Waals surface area contributed by atoms with Crippen LogP contribution < -0.4 is 16.6 Å². The van der Waals surface area contributed by atoms with Crippen molar-refractivity contribution in [2.45, 2.75) is 65.6 Å². The molecule has 1 amide bonds. The van der Waals surface area contributed by atoms with Crippen molar-refractivity contribution in [1.82, 2.24) is 14.5 Å². The Morgan fingerprint density at radius 1 is 1.13 bits per heavy atom. The van der Waals surface area contributed by atoms with Gasteiger partial charge in [-0.3, -0.25) is 14.2 Å². The molecule has 0 fully saturated rings. The van der Waals surface area contributed by atoms with Crippen LogP contribution in [0.5, 0.6) is 0 Å². The van der Waals surface area contributed by atoms with Crippen LogP contribution in [0, 0.1) is 17.2 Å². The summed E-state index contributed by atoms with van der Waals surface area (Å²) in [4.78, 5) is 38.1. The number of nitriles is 1. The van der Waals surface area contributed by atoms with Gasteiger partial charge in [0.15, 0.2) is 0 Å². The molecular weight excluding hydrogens is 380 g/mol. The second-order valence-electron chi connectivity index (χ2n) is 8.47. The Kier molecular flexibility index (Phi) is 6.25. The molecule has 3 rings (SSSR count). The molecule has 1 aliphatic heterocycles. The van der Waals surface area contributed by atoms with E-state index in [1.807, 2.05) is 32.0 Å². The first-order valence-electron chi connectivity index (χ1n) is 10.4. The van der Waals surface area contributed by atoms with Crippen LogP contribution in [0.4, 0.5) is 0 Å². The number of hydrogen-bond donors (Lipinski definition) is 1. The molecule has 0 saturated heterocycles. The SMILES string of the molecule is CC(C)c1ccc([C@H](NC(=O)Cn2c(=O)c(C#N)c3n(c2=O)CCC3)C(C)C)cc1. The average Bonchev–Trinajstić information content (AvgIpc) is 3.19. The molecular formula is C23H28N4O3. The van der Waals surface area contributed by atoms with Crippen molar-refractivity contribution in [3.8, 4) is 6.07 Å². The van der Waals surface area contributed by atoms with Crippen LogP contribution in [0.15, 0.2) is 33.9 Å². The highest BCUT2D eigenvalue weighted by Crippen LogP contribution is 2.24. The van der Waals surface area contributed by atoms with E-state index in [9.17, 15) is 19.6 Å². The van der Waals surface area contributed by atoms with Gasteiger partial charge in [-0.25, -0.2) is 9.36 Å². The molecule has 1 aromatic carbocycles. The van der Waals surface area contributed by atoms with E-state index in [1.165, 1.54) is 10.1 Å². The maximum atomic E-state index is 12.8. The molecule has 0 bridgehead atoms. The second kappa shape index (κ2) is 8.70. The predicted molar refractivity (Wildman–Crippen MR) is 114 cm³/mol. The highest BCUT2D eigenvalue weighted by Gasteiger charge is 2.25. The summed E-state index contributed by atoms with van der Waals surface area (Å²) >= 11 is 0. The molecule has 0 aliphatic carbocycles. The molecule has 7 heteroatoms. The number of nitrogens with zero attached hydrogens (tertiary/aromatic N) is 3. The topological polar surface area (TPSA) is 96.9 Å². The minimum absolute atomic E-state index is 0.0374. The monoisotopic (exact) mass is 408 g/mol. The van der Waals surface area contributed by atoms with Crippen molar-refractivity contribution in [2.24, 2.45) is 5.92 Å². The van der Waals surface area contributed by atoms with Crippen molar-refractivity contribution >= 4 is 5.91 Å². The first-order valence-corrected chi connectivity index (χ1v) is 10.4. The highest BCUT2D eigenvalue weighted by atomic mass is 16.2. The van der Waals surface area contributed by atoms with E-state index in [2.05, 4.69) is 31.3 Å². The fourth-order valence-electron chi connectivity index (χ4n) is 3.97. The zero-order chi connectivity index (χ0) is 22.0. The molecule has 0 saturated carbocycles. The summed E-state index contributed by atoms with van der Waals surface area (Å²) in [5, 5.41) is 12.3. The Hall–Kier alpha value is -3.14. The van der Waals surface area contributed by atoms with Gasteiger partial charge in [0, 0.05) is 12.2 Å². The Balaban J connectivity index is 1.86. The number of fused-ring (bicyclic) bond motifs is 1. The lowest BCUT2D eigenvalue weighted by atomic mass is 9.93. The number of amides is 1. The number of rotatable bonds is 6. The van der Waals surface area contributed by atoms with E-state index < -0.39 is 23.7 Å². The van der Waals surface area contributed by atoms with Gasteiger partial charge in [-0.2, -0.15) is 5.26 Å². The van der Waals surface area contributed by atoms with Crippen LogP contribution in [0.25, 0.3) is 0 Å². The van der Waals surface area contributed by atoms with Gasteiger partial charge in [-0.1, -0.05) is 52.0 Å². The number of hydrogen-bond acceptors (Lipinski definition) is 4. The minimum Gasteiger partial charge on any atom is -0.347 e. The third-order valence-corrected chi connectivity index (χ3v) is 5.69. The van der Waals surface area contributed by atoms with Crippen LogP contribution >= 0.6 is 0 Å². The van der Waals surface area contributed by atoms with E-state index in [0.29, 0.717) is 31.0 Å². The first-order chi connectivity index (χ1) is 14.2. The molecule has 158 valence electrons. The van der Waals surface area contributed by atoms with Gasteiger partial charge in [0.2, 0.25) is 5.91 Å². The summed E-state index contributed by atoms with van der Waals surface area (Å²) < 4.78 is 2.32. The van der Waals surface area contributed by atoms with Crippen molar-refractivity contribution in [3.05, 3.63) is 67.5 Å². The van der Waals surface area contributed by atoms with E-state index in [4.69, 9.17) is 0 Å². The second-order valence-corrected chi connectivity index (χ2v) is 8.47. The standard InChI is InChI=1S/C23H28N4O3/c1-14(2)16-7-9-17(10-8-16)21(15(3)4)25-20(28)13-27-22(29)18(12-24)19-6-5-11-26(19)23(27)30/h7-10,14-15,21H,5-6,11,13H2,1-4H3,(H,25,28)/t21-/m1/s1. The highest BCUT2D eigenvalue weighted by molar-refractivity contribution is 5.76. The fourth-order valence-corrected chi connectivity index (χ4v) is 3.97. The van der Waals surface area contributed by atoms with Gasteiger partial charge in [-0.15, -0.1) is 0 Å². The summed E-state index contributed by atoms with van der Waals surface area (Å²) in [5.74, 6) is 0.106. The summed E-state index contributed by atoms with van der Waals surface area (Å²) in [5.41, 5.74) is 1.42. The van der Waals surface area contributed by atoms with Crippen molar-refractivity contribution < 1.29 is 4.79 Å². The zero-order valence-electron chi connectivity index (χ0n) is 17.9. The van der Waals surface area contributed by atoms with Gasteiger partial charge >= 0.3 is 5.69 Å². The molecule has 0 radical (unpaired) electrons. The molecule has 2 aromatic rings. The first kappa shape index (κ1) is 21.6. The van der Waals surface area contributed by atoms with Crippen LogP contribution in [0.1, 0.15) is 68.5 Å². The quantitative estimate of drug-likeness (QED) is 0.794. The van der Waals surface area contributed by atoms with Gasteiger partial charge in [0.25, 0.3) is 5.56 Å². The van der Waals surface area contributed by atoms with E-state index >= 15 is 0 Å². The third kappa shape index (κ3) is 4.09. The summed E-state index contributed by atoms with van der Waals surface area (Å²) in [7, 11) is 0. The van der Waals surface area contributed by atoms with Crippen LogP contribution in [0.2, 0.25) is 0 Å². The van der Waals surface area contributed by atoms with Gasteiger partial charge in [-0.05, 0) is 35.8 Å². The predicted octanol–water partition coefficient (Wildman–Crippen LogP) is 2.46. The van der Waals surface area contributed by atoms with E-state index in [0.717, 1.165) is 10.1 Å².